The van der Waals surface area contributed by atoms with Gasteiger partial charge in [-0.1, -0.05) is 13.8 Å². The second-order valence-electron chi connectivity index (χ2n) is 4.48. The highest BCUT2D eigenvalue weighted by molar-refractivity contribution is 5.79. The van der Waals surface area contributed by atoms with Crippen molar-refractivity contribution in [2.45, 2.75) is 33.2 Å². The van der Waals surface area contributed by atoms with Gasteiger partial charge in [0.1, 0.15) is 0 Å². The smallest absolute Gasteiger partial charge is 0.234 e. The van der Waals surface area contributed by atoms with E-state index in [1.807, 2.05) is 6.92 Å². The first-order valence-corrected chi connectivity index (χ1v) is 5.04. The molecule has 0 bridgehead atoms. The van der Waals surface area contributed by atoms with Crippen molar-refractivity contribution in [1.82, 2.24) is 4.90 Å². The van der Waals surface area contributed by atoms with Gasteiger partial charge in [-0.2, -0.15) is 0 Å². The normalized spacial score (nSPS) is 32.8. The highest BCUT2D eigenvalue weighted by Crippen LogP contribution is 2.22. The third kappa shape index (κ3) is 2.69. The lowest BCUT2D eigenvalue weighted by molar-refractivity contribution is -0.123. The monoisotopic (exact) mass is 184 g/mol. The summed E-state index contributed by atoms with van der Waals surface area (Å²) in [6.45, 7) is 8.38. The average molecular weight is 184 g/mol. The topological polar surface area (TPSA) is 46.3 Å². The second-order valence-corrected chi connectivity index (χ2v) is 4.48. The van der Waals surface area contributed by atoms with E-state index in [9.17, 15) is 4.79 Å². The number of piperidine rings is 1. The molecule has 1 rings (SSSR count). The predicted molar refractivity (Wildman–Crippen MR) is 53.2 cm³/mol. The van der Waals surface area contributed by atoms with Gasteiger partial charge in [-0.25, -0.2) is 0 Å². The first-order chi connectivity index (χ1) is 6.00. The van der Waals surface area contributed by atoms with Crippen LogP contribution >= 0.6 is 0 Å². The van der Waals surface area contributed by atoms with Crippen LogP contribution in [0.2, 0.25) is 0 Å². The second kappa shape index (κ2) is 4.09. The Hall–Kier alpha value is -0.570. The van der Waals surface area contributed by atoms with Gasteiger partial charge in [0.05, 0.1) is 6.04 Å². The molecule has 2 N–H and O–H groups in total. The van der Waals surface area contributed by atoms with Gasteiger partial charge < -0.3 is 5.73 Å². The molecule has 13 heavy (non-hydrogen) atoms. The highest BCUT2D eigenvalue weighted by atomic mass is 16.1. The number of rotatable bonds is 2. The number of hydrogen-bond donors (Lipinski definition) is 1. The van der Waals surface area contributed by atoms with Crippen LogP contribution in [0.4, 0.5) is 0 Å². The van der Waals surface area contributed by atoms with Crippen LogP contribution in [-0.2, 0) is 4.79 Å². The van der Waals surface area contributed by atoms with Crippen LogP contribution in [0.15, 0.2) is 0 Å². The predicted octanol–water partition coefficient (Wildman–Crippen LogP) is 0.838. The highest BCUT2D eigenvalue weighted by Gasteiger charge is 2.27. The van der Waals surface area contributed by atoms with Crippen molar-refractivity contribution in [3.63, 3.8) is 0 Å². The number of likely N-dealkylation sites (tertiary alicyclic amines) is 1. The van der Waals surface area contributed by atoms with E-state index in [1.54, 1.807) is 0 Å². The van der Waals surface area contributed by atoms with Crippen molar-refractivity contribution in [2.75, 3.05) is 13.1 Å². The molecule has 0 aliphatic carbocycles. The minimum absolute atomic E-state index is 0.106. The molecule has 1 aliphatic rings. The summed E-state index contributed by atoms with van der Waals surface area (Å²) in [5.74, 6) is 1.16. The maximum absolute atomic E-state index is 11.0. The minimum Gasteiger partial charge on any atom is -0.368 e. The molecule has 0 saturated carbocycles. The van der Waals surface area contributed by atoms with Crippen molar-refractivity contribution >= 4 is 5.91 Å². The Bertz CT molecular complexity index is 183. The maximum Gasteiger partial charge on any atom is 0.234 e. The molecule has 1 heterocycles. The van der Waals surface area contributed by atoms with E-state index in [1.165, 1.54) is 6.42 Å². The van der Waals surface area contributed by atoms with Gasteiger partial charge in [-0.05, 0) is 25.2 Å². The summed E-state index contributed by atoms with van der Waals surface area (Å²) in [5, 5.41) is 0. The number of hydrogen-bond acceptors (Lipinski definition) is 2. The quantitative estimate of drug-likeness (QED) is 0.691. The van der Waals surface area contributed by atoms with E-state index in [0.717, 1.165) is 13.1 Å². The maximum atomic E-state index is 11.0. The van der Waals surface area contributed by atoms with Gasteiger partial charge in [0, 0.05) is 13.1 Å². The lowest BCUT2D eigenvalue weighted by Crippen LogP contribution is -2.49. The van der Waals surface area contributed by atoms with Gasteiger partial charge in [0.15, 0.2) is 0 Å². The molecule has 76 valence electrons. The third-order valence-corrected chi connectivity index (χ3v) is 2.86. The fourth-order valence-electron chi connectivity index (χ4n) is 2.21. The van der Waals surface area contributed by atoms with Crippen LogP contribution < -0.4 is 5.73 Å². The van der Waals surface area contributed by atoms with E-state index in [0.29, 0.717) is 11.8 Å². The van der Waals surface area contributed by atoms with Gasteiger partial charge >= 0.3 is 0 Å². The molecule has 0 unspecified atom stereocenters. The van der Waals surface area contributed by atoms with E-state index in [-0.39, 0.29) is 11.9 Å². The van der Waals surface area contributed by atoms with Crippen LogP contribution in [0, 0.1) is 11.8 Å². The standard InChI is InChI=1S/C10H20N2O/c1-7-4-8(2)6-12(5-7)9(3)10(11)13/h7-9H,4-6H2,1-3H3,(H2,11,13)/t7-,8-,9-/m1/s1. The number of carbonyl (C=O) groups is 1. The lowest BCUT2D eigenvalue weighted by atomic mass is 9.91. The molecule has 3 atom stereocenters. The lowest BCUT2D eigenvalue weighted by Gasteiger charge is -2.37. The fourth-order valence-corrected chi connectivity index (χ4v) is 2.21. The Kier molecular flexibility index (Phi) is 3.31. The van der Waals surface area contributed by atoms with Crippen molar-refractivity contribution in [2.24, 2.45) is 17.6 Å². The molecule has 3 heteroatoms. The molecule has 3 nitrogen and oxygen atoms in total. The zero-order valence-electron chi connectivity index (χ0n) is 8.79. The largest absolute Gasteiger partial charge is 0.368 e. The summed E-state index contributed by atoms with van der Waals surface area (Å²) in [5.41, 5.74) is 5.28. The van der Waals surface area contributed by atoms with Crippen molar-refractivity contribution in [3.8, 4) is 0 Å². The van der Waals surface area contributed by atoms with Crippen LogP contribution in [-0.4, -0.2) is 29.9 Å². The molecular formula is C10H20N2O. The summed E-state index contributed by atoms with van der Waals surface area (Å²) < 4.78 is 0. The number of amides is 1. The Labute approximate surface area is 80.3 Å². The Morgan fingerprint density at radius 1 is 1.38 bits per heavy atom. The molecule has 0 aromatic heterocycles. The Morgan fingerprint density at radius 3 is 2.23 bits per heavy atom. The first-order valence-electron chi connectivity index (χ1n) is 5.04. The Morgan fingerprint density at radius 2 is 1.85 bits per heavy atom. The van der Waals surface area contributed by atoms with Gasteiger partial charge in [0.25, 0.3) is 0 Å². The van der Waals surface area contributed by atoms with Gasteiger partial charge in [0.2, 0.25) is 5.91 Å². The van der Waals surface area contributed by atoms with Crippen molar-refractivity contribution < 1.29 is 4.79 Å². The summed E-state index contributed by atoms with van der Waals surface area (Å²) in [6.07, 6.45) is 1.27. The molecule has 1 amide bonds. The summed E-state index contributed by atoms with van der Waals surface area (Å²) >= 11 is 0. The molecule has 0 spiro atoms. The number of nitrogens with two attached hydrogens (primary N) is 1. The van der Waals surface area contributed by atoms with E-state index < -0.39 is 0 Å². The third-order valence-electron chi connectivity index (χ3n) is 2.86. The number of carbonyl (C=O) groups excluding carboxylic acids is 1. The van der Waals surface area contributed by atoms with Crippen molar-refractivity contribution in [3.05, 3.63) is 0 Å². The SMILES string of the molecule is C[C@@H]1C[C@@H](C)CN([C@H](C)C(N)=O)C1. The zero-order valence-corrected chi connectivity index (χ0v) is 8.79. The molecule has 0 aromatic carbocycles. The molecule has 0 radical (unpaired) electrons. The van der Waals surface area contributed by atoms with E-state index >= 15 is 0 Å². The first kappa shape index (κ1) is 10.5. The van der Waals surface area contributed by atoms with E-state index in [2.05, 4.69) is 18.7 Å². The molecule has 0 aromatic rings. The number of nitrogens with zero attached hydrogens (tertiary/aromatic N) is 1. The van der Waals surface area contributed by atoms with Gasteiger partial charge in [-0.15, -0.1) is 0 Å². The fraction of sp³-hybridized carbons (Fsp3) is 0.900. The van der Waals surface area contributed by atoms with E-state index in [4.69, 9.17) is 5.73 Å². The van der Waals surface area contributed by atoms with Gasteiger partial charge in [-0.3, -0.25) is 9.69 Å². The van der Waals surface area contributed by atoms with Crippen LogP contribution in [0.25, 0.3) is 0 Å². The van der Waals surface area contributed by atoms with Crippen LogP contribution in [0.5, 0.6) is 0 Å². The van der Waals surface area contributed by atoms with Crippen LogP contribution in [0.3, 0.4) is 0 Å². The summed E-state index contributed by atoms with van der Waals surface area (Å²) in [6, 6.07) is -0.106. The molecule has 1 aliphatic heterocycles. The number of primary amides is 1. The minimum atomic E-state index is -0.207. The molecule has 1 saturated heterocycles. The summed E-state index contributed by atoms with van der Waals surface area (Å²) in [7, 11) is 0. The average Bonchev–Trinajstić information content (AvgIpc) is 2.01. The van der Waals surface area contributed by atoms with Crippen molar-refractivity contribution in [1.29, 1.82) is 0 Å². The molecular weight excluding hydrogens is 164 g/mol. The van der Waals surface area contributed by atoms with Crippen LogP contribution in [0.1, 0.15) is 27.2 Å². The molecule has 1 fully saturated rings. The Balaban J connectivity index is 2.54. The summed E-state index contributed by atoms with van der Waals surface area (Å²) in [4.78, 5) is 13.2. The zero-order chi connectivity index (χ0) is 10.0.